The minimum atomic E-state index is -0.182. The Hall–Kier alpha value is -3.34. The van der Waals surface area contributed by atoms with Gasteiger partial charge < -0.3 is 14.8 Å². The second kappa shape index (κ2) is 7.70. The molecular formula is C21H20N2O3. The SMILES string of the molecule is COc1ccc(Oc2ccc(NC(=O)c3ccc(C)nc3C)cc2)cc1. The number of aromatic nitrogens is 1. The molecule has 0 spiro atoms. The third-order valence-corrected chi connectivity index (χ3v) is 3.88. The molecule has 0 saturated heterocycles. The number of carbonyl (C=O) groups is 1. The fraction of sp³-hybridized carbons (Fsp3) is 0.143. The van der Waals surface area contributed by atoms with Crippen LogP contribution in [0.2, 0.25) is 0 Å². The second-order valence-corrected chi connectivity index (χ2v) is 5.84. The van der Waals surface area contributed by atoms with Crippen molar-refractivity contribution in [1.29, 1.82) is 0 Å². The molecule has 2 aromatic carbocycles. The summed E-state index contributed by atoms with van der Waals surface area (Å²) in [6.45, 7) is 3.73. The van der Waals surface area contributed by atoms with Crippen LogP contribution in [-0.2, 0) is 0 Å². The van der Waals surface area contributed by atoms with Crippen LogP contribution in [0.15, 0.2) is 60.7 Å². The first kappa shape index (κ1) is 17.5. The number of aryl methyl sites for hydroxylation is 2. The zero-order chi connectivity index (χ0) is 18.5. The molecule has 3 rings (SSSR count). The van der Waals surface area contributed by atoms with Crippen molar-refractivity contribution < 1.29 is 14.3 Å². The molecule has 0 aliphatic heterocycles. The highest BCUT2D eigenvalue weighted by molar-refractivity contribution is 6.05. The number of hydrogen-bond acceptors (Lipinski definition) is 4. The van der Waals surface area contributed by atoms with Gasteiger partial charge in [-0.3, -0.25) is 9.78 Å². The summed E-state index contributed by atoms with van der Waals surface area (Å²) in [6, 6.07) is 18.2. The Morgan fingerprint density at radius 1 is 0.846 bits per heavy atom. The number of rotatable bonds is 5. The second-order valence-electron chi connectivity index (χ2n) is 5.84. The van der Waals surface area contributed by atoms with Gasteiger partial charge in [-0.2, -0.15) is 0 Å². The maximum Gasteiger partial charge on any atom is 0.257 e. The number of benzene rings is 2. The number of nitrogens with zero attached hydrogens (tertiary/aromatic N) is 1. The van der Waals surface area contributed by atoms with Crippen LogP contribution in [0, 0.1) is 13.8 Å². The average Bonchev–Trinajstić information content (AvgIpc) is 2.64. The molecule has 26 heavy (non-hydrogen) atoms. The van der Waals surface area contributed by atoms with Crippen LogP contribution < -0.4 is 14.8 Å². The molecular weight excluding hydrogens is 328 g/mol. The van der Waals surface area contributed by atoms with E-state index >= 15 is 0 Å². The van der Waals surface area contributed by atoms with E-state index in [0.717, 1.165) is 11.4 Å². The zero-order valence-electron chi connectivity index (χ0n) is 14.9. The molecule has 0 fully saturated rings. The highest BCUT2D eigenvalue weighted by Gasteiger charge is 2.10. The summed E-state index contributed by atoms with van der Waals surface area (Å²) < 4.78 is 10.9. The number of methoxy groups -OCH3 is 1. The number of carbonyl (C=O) groups excluding carboxylic acids is 1. The number of pyridine rings is 1. The standard InChI is InChI=1S/C21H20N2O3/c1-14-4-13-20(15(2)22-14)21(24)23-16-5-7-18(8-6-16)26-19-11-9-17(25-3)10-12-19/h4-13H,1-3H3,(H,23,24). The van der Waals surface area contributed by atoms with Crippen molar-refractivity contribution in [3.05, 3.63) is 77.6 Å². The van der Waals surface area contributed by atoms with Crippen molar-refractivity contribution in [2.24, 2.45) is 0 Å². The zero-order valence-corrected chi connectivity index (χ0v) is 14.9. The van der Waals surface area contributed by atoms with E-state index in [4.69, 9.17) is 9.47 Å². The normalized spacial score (nSPS) is 10.3. The summed E-state index contributed by atoms with van der Waals surface area (Å²) >= 11 is 0. The molecule has 0 aliphatic rings. The maximum absolute atomic E-state index is 12.4. The Bertz CT molecular complexity index is 904. The summed E-state index contributed by atoms with van der Waals surface area (Å²) in [5.41, 5.74) is 2.85. The Morgan fingerprint density at radius 3 is 2.00 bits per heavy atom. The lowest BCUT2D eigenvalue weighted by Crippen LogP contribution is -2.14. The van der Waals surface area contributed by atoms with Gasteiger partial charge in [0.05, 0.1) is 18.4 Å². The van der Waals surface area contributed by atoms with E-state index in [0.29, 0.717) is 28.4 Å². The van der Waals surface area contributed by atoms with Crippen molar-refractivity contribution in [2.45, 2.75) is 13.8 Å². The first-order valence-electron chi connectivity index (χ1n) is 8.23. The molecule has 1 N–H and O–H groups in total. The van der Waals surface area contributed by atoms with Gasteiger partial charge in [-0.1, -0.05) is 0 Å². The van der Waals surface area contributed by atoms with E-state index in [1.807, 2.05) is 44.2 Å². The summed E-state index contributed by atoms with van der Waals surface area (Å²) in [5.74, 6) is 1.99. The van der Waals surface area contributed by atoms with Crippen molar-refractivity contribution in [3.8, 4) is 17.2 Å². The lowest BCUT2D eigenvalue weighted by Gasteiger charge is -2.10. The molecule has 1 aromatic heterocycles. The monoisotopic (exact) mass is 348 g/mol. The molecule has 0 radical (unpaired) electrons. The van der Waals surface area contributed by atoms with Gasteiger partial charge in [-0.15, -0.1) is 0 Å². The van der Waals surface area contributed by atoms with Crippen LogP contribution >= 0.6 is 0 Å². The number of amides is 1. The Kier molecular flexibility index (Phi) is 5.17. The minimum absolute atomic E-state index is 0.182. The Labute approximate surface area is 152 Å². The van der Waals surface area contributed by atoms with Crippen molar-refractivity contribution in [2.75, 3.05) is 12.4 Å². The van der Waals surface area contributed by atoms with E-state index in [1.165, 1.54) is 0 Å². The summed E-state index contributed by atoms with van der Waals surface area (Å²) in [7, 11) is 1.62. The number of hydrogen-bond donors (Lipinski definition) is 1. The van der Waals surface area contributed by atoms with E-state index < -0.39 is 0 Å². The fourth-order valence-corrected chi connectivity index (χ4v) is 2.51. The lowest BCUT2D eigenvalue weighted by atomic mass is 10.1. The van der Waals surface area contributed by atoms with Gasteiger partial charge in [-0.05, 0) is 74.5 Å². The molecule has 132 valence electrons. The Balaban J connectivity index is 1.66. The smallest absolute Gasteiger partial charge is 0.257 e. The molecule has 0 unspecified atom stereocenters. The molecule has 5 nitrogen and oxygen atoms in total. The third-order valence-electron chi connectivity index (χ3n) is 3.88. The van der Waals surface area contributed by atoms with E-state index in [-0.39, 0.29) is 5.91 Å². The van der Waals surface area contributed by atoms with Gasteiger partial charge >= 0.3 is 0 Å². The first-order valence-corrected chi connectivity index (χ1v) is 8.23. The summed E-state index contributed by atoms with van der Waals surface area (Å²) in [4.78, 5) is 16.7. The highest BCUT2D eigenvalue weighted by Crippen LogP contribution is 2.25. The number of ether oxygens (including phenoxy) is 2. The summed E-state index contributed by atoms with van der Waals surface area (Å²) in [6.07, 6.45) is 0. The van der Waals surface area contributed by atoms with E-state index in [1.54, 1.807) is 37.4 Å². The largest absolute Gasteiger partial charge is 0.497 e. The molecule has 0 saturated carbocycles. The van der Waals surface area contributed by atoms with E-state index in [9.17, 15) is 4.79 Å². The maximum atomic E-state index is 12.4. The third kappa shape index (κ3) is 4.19. The molecule has 3 aromatic rings. The quantitative estimate of drug-likeness (QED) is 0.723. The number of nitrogens with one attached hydrogen (secondary N) is 1. The van der Waals surface area contributed by atoms with Crippen LogP contribution in [0.1, 0.15) is 21.7 Å². The molecule has 0 aliphatic carbocycles. The van der Waals surface area contributed by atoms with Crippen molar-refractivity contribution >= 4 is 11.6 Å². The predicted molar refractivity (Wildman–Crippen MR) is 101 cm³/mol. The molecule has 0 bridgehead atoms. The van der Waals surface area contributed by atoms with Gasteiger partial charge in [0.1, 0.15) is 17.2 Å². The van der Waals surface area contributed by atoms with Crippen molar-refractivity contribution in [1.82, 2.24) is 4.98 Å². The fourth-order valence-electron chi connectivity index (χ4n) is 2.51. The minimum Gasteiger partial charge on any atom is -0.497 e. The number of anilines is 1. The molecule has 5 heteroatoms. The van der Waals surface area contributed by atoms with Crippen LogP contribution in [-0.4, -0.2) is 18.0 Å². The average molecular weight is 348 g/mol. The van der Waals surface area contributed by atoms with Gasteiger partial charge in [0, 0.05) is 11.4 Å². The van der Waals surface area contributed by atoms with Crippen LogP contribution in [0.4, 0.5) is 5.69 Å². The predicted octanol–water partition coefficient (Wildman–Crippen LogP) is 4.75. The van der Waals surface area contributed by atoms with Crippen molar-refractivity contribution in [3.63, 3.8) is 0 Å². The summed E-state index contributed by atoms with van der Waals surface area (Å²) in [5, 5.41) is 2.87. The van der Waals surface area contributed by atoms with Gasteiger partial charge in [-0.25, -0.2) is 0 Å². The van der Waals surface area contributed by atoms with Gasteiger partial charge in [0.15, 0.2) is 0 Å². The Morgan fingerprint density at radius 2 is 1.42 bits per heavy atom. The van der Waals surface area contributed by atoms with Crippen LogP contribution in [0.5, 0.6) is 17.2 Å². The van der Waals surface area contributed by atoms with Gasteiger partial charge in [0.2, 0.25) is 0 Å². The van der Waals surface area contributed by atoms with Crippen LogP contribution in [0.25, 0.3) is 0 Å². The topological polar surface area (TPSA) is 60.5 Å². The molecule has 1 amide bonds. The van der Waals surface area contributed by atoms with E-state index in [2.05, 4.69) is 10.3 Å². The molecule has 0 atom stereocenters. The highest BCUT2D eigenvalue weighted by atomic mass is 16.5. The first-order chi connectivity index (χ1) is 12.5. The molecule has 1 heterocycles. The lowest BCUT2D eigenvalue weighted by molar-refractivity contribution is 0.102. The van der Waals surface area contributed by atoms with Crippen LogP contribution in [0.3, 0.4) is 0 Å². The van der Waals surface area contributed by atoms with Gasteiger partial charge in [0.25, 0.3) is 5.91 Å².